The molecular weight excluding hydrogens is 281 g/mol. The number of benzene rings is 2. The summed E-state index contributed by atoms with van der Waals surface area (Å²) < 4.78 is 0. The highest BCUT2D eigenvalue weighted by Crippen LogP contribution is 2.31. The molecule has 0 atom stereocenters. The molecule has 2 aromatic carbocycles. The van der Waals surface area contributed by atoms with Gasteiger partial charge in [0.25, 0.3) is 0 Å². The second-order valence-corrected chi connectivity index (χ2v) is 5.22. The van der Waals surface area contributed by atoms with E-state index in [4.69, 9.17) is 28.9 Å². The van der Waals surface area contributed by atoms with E-state index in [2.05, 4.69) is 9.97 Å². The largest absolute Gasteiger partial charge is 0.398 e. The first-order valence-corrected chi connectivity index (χ1v) is 6.52. The number of anilines is 1. The van der Waals surface area contributed by atoms with Crippen molar-refractivity contribution in [1.82, 2.24) is 9.97 Å². The van der Waals surface area contributed by atoms with E-state index in [9.17, 15) is 0 Å². The predicted molar refractivity (Wildman–Crippen MR) is 80.7 cm³/mol. The van der Waals surface area contributed by atoms with Gasteiger partial charge < -0.3 is 10.7 Å². The Balaban J connectivity index is 2.23. The fraction of sp³-hybridized carbons (Fsp3) is 0.0714. The van der Waals surface area contributed by atoms with Gasteiger partial charge in [-0.15, -0.1) is 0 Å². The number of halogens is 2. The minimum absolute atomic E-state index is 0.490. The molecule has 0 saturated carbocycles. The van der Waals surface area contributed by atoms with Gasteiger partial charge in [0, 0.05) is 11.3 Å². The number of fused-ring (bicyclic) bond motifs is 1. The van der Waals surface area contributed by atoms with Gasteiger partial charge >= 0.3 is 0 Å². The van der Waals surface area contributed by atoms with Crippen molar-refractivity contribution < 1.29 is 0 Å². The summed E-state index contributed by atoms with van der Waals surface area (Å²) in [6, 6.07) is 9.36. The number of aromatic amines is 1. The predicted octanol–water partition coefficient (Wildman–Crippen LogP) is 4.43. The Hall–Kier alpha value is -1.71. The average Bonchev–Trinajstić information content (AvgIpc) is 2.76. The first kappa shape index (κ1) is 12.3. The number of aryl methyl sites for hydroxylation is 1. The Kier molecular flexibility index (Phi) is 2.88. The number of imidazole rings is 1. The van der Waals surface area contributed by atoms with Gasteiger partial charge in [-0.25, -0.2) is 4.98 Å². The van der Waals surface area contributed by atoms with Crippen molar-refractivity contribution in [2.24, 2.45) is 0 Å². The lowest BCUT2D eigenvalue weighted by Crippen LogP contribution is -1.94. The standard InChI is InChI=1S/C14H11Cl2N3/c1-7-3-2-4-8(13(7)17)14-18-11-5-9(15)10(16)6-12(11)19-14/h2-6H,17H2,1H3,(H,18,19). The van der Waals surface area contributed by atoms with Gasteiger partial charge in [-0.2, -0.15) is 0 Å². The van der Waals surface area contributed by atoms with Crippen molar-refractivity contribution in [3.63, 3.8) is 0 Å². The van der Waals surface area contributed by atoms with E-state index >= 15 is 0 Å². The maximum Gasteiger partial charge on any atom is 0.140 e. The van der Waals surface area contributed by atoms with Gasteiger partial charge in [0.15, 0.2) is 0 Å². The maximum atomic E-state index is 6.08. The third-order valence-electron chi connectivity index (χ3n) is 3.10. The molecule has 0 aliphatic rings. The lowest BCUT2D eigenvalue weighted by molar-refractivity contribution is 1.33. The number of H-pyrrole nitrogens is 1. The Morgan fingerprint density at radius 2 is 1.89 bits per heavy atom. The van der Waals surface area contributed by atoms with Gasteiger partial charge in [-0.05, 0) is 30.7 Å². The van der Waals surface area contributed by atoms with E-state index in [1.54, 1.807) is 12.1 Å². The zero-order valence-electron chi connectivity index (χ0n) is 10.2. The molecule has 3 N–H and O–H groups in total. The molecule has 0 aliphatic carbocycles. The molecule has 0 aliphatic heterocycles. The van der Waals surface area contributed by atoms with Crippen LogP contribution in [0.25, 0.3) is 22.4 Å². The van der Waals surface area contributed by atoms with Gasteiger partial charge in [-0.3, -0.25) is 0 Å². The second-order valence-electron chi connectivity index (χ2n) is 4.41. The van der Waals surface area contributed by atoms with Crippen molar-refractivity contribution in [3.8, 4) is 11.4 Å². The molecule has 0 spiro atoms. The lowest BCUT2D eigenvalue weighted by Gasteiger charge is -2.04. The SMILES string of the molecule is Cc1cccc(-c2nc3cc(Cl)c(Cl)cc3[nH]2)c1N. The summed E-state index contributed by atoms with van der Waals surface area (Å²) in [4.78, 5) is 7.72. The molecule has 0 bridgehead atoms. The highest BCUT2D eigenvalue weighted by Gasteiger charge is 2.11. The van der Waals surface area contributed by atoms with E-state index < -0.39 is 0 Å². The van der Waals surface area contributed by atoms with Crippen LogP contribution in [0, 0.1) is 6.92 Å². The molecule has 0 radical (unpaired) electrons. The summed E-state index contributed by atoms with van der Waals surface area (Å²) in [6.07, 6.45) is 0. The lowest BCUT2D eigenvalue weighted by atomic mass is 10.1. The topological polar surface area (TPSA) is 54.7 Å². The number of para-hydroxylation sites is 1. The summed E-state index contributed by atoms with van der Waals surface area (Å²) >= 11 is 12.0. The molecule has 1 heterocycles. The van der Waals surface area contributed by atoms with E-state index in [1.165, 1.54) is 0 Å². The highest BCUT2D eigenvalue weighted by molar-refractivity contribution is 6.42. The summed E-state index contributed by atoms with van der Waals surface area (Å²) in [5.41, 5.74) is 10.3. The number of nitrogens with two attached hydrogens (primary N) is 1. The first-order chi connectivity index (χ1) is 9.06. The van der Waals surface area contributed by atoms with Gasteiger partial charge in [0.05, 0.1) is 21.1 Å². The zero-order chi connectivity index (χ0) is 13.6. The summed E-state index contributed by atoms with van der Waals surface area (Å²) in [7, 11) is 0. The Morgan fingerprint density at radius 1 is 1.16 bits per heavy atom. The molecule has 0 unspecified atom stereocenters. The van der Waals surface area contributed by atoms with Crippen molar-refractivity contribution >= 4 is 39.9 Å². The highest BCUT2D eigenvalue weighted by atomic mass is 35.5. The summed E-state index contributed by atoms with van der Waals surface area (Å²) in [5.74, 6) is 0.717. The van der Waals surface area contributed by atoms with Gasteiger partial charge in [-0.1, -0.05) is 35.3 Å². The van der Waals surface area contributed by atoms with Crippen molar-refractivity contribution in [3.05, 3.63) is 45.9 Å². The molecular formula is C14H11Cl2N3. The fourth-order valence-corrected chi connectivity index (χ4v) is 2.34. The molecule has 19 heavy (non-hydrogen) atoms. The average molecular weight is 292 g/mol. The van der Waals surface area contributed by atoms with Crippen molar-refractivity contribution in [2.45, 2.75) is 6.92 Å². The van der Waals surface area contributed by atoms with Crippen LogP contribution in [0.15, 0.2) is 30.3 Å². The van der Waals surface area contributed by atoms with E-state index in [0.717, 1.165) is 33.7 Å². The number of nitrogens with zero attached hydrogens (tertiary/aromatic N) is 1. The number of nitrogens with one attached hydrogen (secondary N) is 1. The normalized spacial score (nSPS) is 11.1. The third kappa shape index (κ3) is 2.05. The number of aromatic nitrogens is 2. The Morgan fingerprint density at radius 3 is 2.68 bits per heavy atom. The number of hydrogen-bond donors (Lipinski definition) is 2. The van der Waals surface area contributed by atoms with Crippen molar-refractivity contribution in [1.29, 1.82) is 0 Å². The minimum Gasteiger partial charge on any atom is -0.398 e. The van der Waals surface area contributed by atoms with E-state index in [1.807, 2.05) is 25.1 Å². The molecule has 5 heteroatoms. The monoisotopic (exact) mass is 291 g/mol. The molecule has 96 valence electrons. The minimum atomic E-state index is 0.490. The van der Waals surface area contributed by atoms with Crippen molar-refractivity contribution in [2.75, 3.05) is 5.73 Å². The number of rotatable bonds is 1. The van der Waals surface area contributed by atoms with Crippen LogP contribution in [-0.4, -0.2) is 9.97 Å². The Bertz CT molecular complexity index is 739. The van der Waals surface area contributed by atoms with E-state index in [0.29, 0.717) is 10.0 Å². The third-order valence-corrected chi connectivity index (χ3v) is 3.83. The zero-order valence-corrected chi connectivity index (χ0v) is 11.7. The van der Waals surface area contributed by atoms with Crippen LogP contribution in [0.3, 0.4) is 0 Å². The summed E-state index contributed by atoms with van der Waals surface area (Å²) in [6.45, 7) is 1.97. The molecule has 0 saturated heterocycles. The molecule has 3 aromatic rings. The first-order valence-electron chi connectivity index (χ1n) is 5.76. The number of nitrogen functional groups attached to an aromatic ring is 1. The molecule has 1 aromatic heterocycles. The van der Waals surface area contributed by atoms with Crippen LogP contribution >= 0.6 is 23.2 Å². The Labute approximate surface area is 120 Å². The van der Waals surface area contributed by atoms with E-state index in [-0.39, 0.29) is 0 Å². The number of hydrogen-bond acceptors (Lipinski definition) is 2. The van der Waals surface area contributed by atoms with Crippen LogP contribution in [0.1, 0.15) is 5.56 Å². The van der Waals surface area contributed by atoms with Crippen LogP contribution in [0.5, 0.6) is 0 Å². The fourth-order valence-electron chi connectivity index (χ4n) is 2.02. The quantitative estimate of drug-likeness (QED) is 0.652. The van der Waals surface area contributed by atoms with Crippen LogP contribution < -0.4 is 5.73 Å². The van der Waals surface area contributed by atoms with Gasteiger partial charge in [0.1, 0.15) is 5.82 Å². The molecule has 3 rings (SSSR count). The van der Waals surface area contributed by atoms with Crippen LogP contribution in [0.4, 0.5) is 5.69 Å². The second kappa shape index (κ2) is 4.44. The summed E-state index contributed by atoms with van der Waals surface area (Å²) in [5, 5.41) is 0.992. The smallest absolute Gasteiger partial charge is 0.140 e. The molecule has 0 amide bonds. The van der Waals surface area contributed by atoms with Crippen LogP contribution in [-0.2, 0) is 0 Å². The van der Waals surface area contributed by atoms with Crippen LogP contribution in [0.2, 0.25) is 10.0 Å². The molecule has 0 fully saturated rings. The maximum absolute atomic E-state index is 6.08. The van der Waals surface area contributed by atoms with Gasteiger partial charge in [0.2, 0.25) is 0 Å². The molecule has 3 nitrogen and oxygen atoms in total.